The minimum Gasteiger partial charge on any atom is -0.337 e. The molecule has 0 radical (unpaired) electrons. The minimum absolute atomic E-state index is 0.0201. The van der Waals surface area contributed by atoms with E-state index in [0.29, 0.717) is 29.7 Å². The van der Waals surface area contributed by atoms with Crippen LogP contribution in [0, 0.1) is 17.5 Å². The van der Waals surface area contributed by atoms with Gasteiger partial charge < -0.3 is 10.2 Å². The zero-order valence-corrected chi connectivity index (χ0v) is 18.2. The van der Waals surface area contributed by atoms with Crippen molar-refractivity contribution in [2.45, 2.75) is 10.6 Å². The van der Waals surface area contributed by atoms with Crippen molar-refractivity contribution in [2.24, 2.45) is 0 Å². The van der Waals surface area contributed by atoms with Gasteiger partial charge in [0.15, 0.2) is 0 Å². The van der Waals surface area contributed by atoms with Gasteiger partial charge in [-0.15, -0.1) is 0 Å². The lowest BCUT2D eigenvalue weighted by molar-refractivity contribution is 0.173. The average molecular weight is 474 g/mol. The maximum atomic E-state index is 13.9. The molecule has 2 amide bonds. The zero-order chi connectivity index (χ0) is 22.4. The number of rotatable bonds is 7. The molecule has 0 aromatic heterocycles. The Kier molecular flexibility index (Phi) is 7.84. The fourth-order valence-corrected chi connectivity index (χ4v) is 5.43. The van der Waals surface area contributed by atoms with Gasteiger partial charge in [-0.05, 0) is 29.8 Å². The van der Waals surface area contributed by atoms with Gasteiger partial charge in [0.25, 0.3) is 0 Å². The highest BCUT2D eigenvalue weighted by atomic mass is 32.2. The topological polar surface area (TPSA) is 69.7 Å². The summed E-state index contributed by atoms with van der Waals surface area (Å²) in [7, 11) is -4.19. The van der Waals surface area contributed by atoms with Crippen LogP contribution in [0.25, 0.3) is 0 Å². The van der Waals surface area contributed by atoms with E-state index in [1.165, 1.54) is 22.7 Å². The molecule has 2 aromatic carbocycles. The standard InChI is InChI=1S/C20H22F3N3O3S2/c21-16-5-6-18(23)19(13-16)31(28,29)26-10-8-25(9-11-26)20(27)24-7-12-30-14-15-3-1-2-4-17(15)22/h1-6,13H,7-12,14H2,(H,24,27). The van der Waals surface area contributed by atoms with Crippen molar-refractivity contribution < 1.29 is 26.4 Å². The number of urea groups is 1. The second-order valence-electron chi connectivity index (χ2n) is 6.84. The molecule has 0 atom stereocenters. The minimum atomic E-state index is -4.19. The second kappa shape index (κ2) is 10.4. The van der Waals surface area contributed by atoms with Crippen molar-refractivity contribution in [3.63, 3.8) is 0 Å². The Morgan fingerprint density at radius 1 is 1.00 bits per heavy atom. The lowest BCUT2D eigenvalue weighted by Crippen LogP contribution is -2.53. The molecule has 0 aliphatic carbocycles. The molecule has 31 heavy (non-hydrogen) atoms. The maximum Gasteiger partial charge on any atom is 0.317 e. The van der Waals surface area contributed by atoms with E-state index in [2.05, 4.69) is 5.32 Å². The predicted octanol–water partition coefficient (Wildman–Crippen LogP) is 3.05. The number of carbonyl (C=O) groups is 1. The van der Waals surface area contributed by atoms with Gasteiger partial charge in [0, 0.05) is 44.2 Å². The second-order valence-corrected chi connectivity index (χ2v) is 9.85. The molecule has 2 aromatic rings. The van der Waals surface area contributed by atoms with Gasteiger partial charge in [0.1, 0.15) is 22.3 Å². The normalized spacial score (nSPS) is 15.1. The van der Waals surface area contributed by atoms with Crippen LogP contribution in [-0.4, -0.2) is 62.1 Å². The Labute approximate surface area is 183 Å². The van der Waals surface area contributed by atoms with Crippen molar-refractivity contribution in [1.29, 1.82) is 0 Å². The SMILES string of the molecule is O=C(NCCSCc1ccccc1F)N1CCN(S(=O)(=O)c2cc(F)ccc2F)CC1. The van der Waals surface area contributed by atoms with Crippen LogP contribution in [0.2, 0.25) is 0 Å². The number of hydrogen-bond donors (Lipinski definition) is 1. The van der Waals surface area contributed by atoms with Crippen molar-refractivity contribution >= 4 is 27.8 Å². The van der Waals surface area contributed by atoms with Crippen LogP contribution in [-0.2, 0) is 15.8 Å². The van der Waals surface area contributed by atoms with Crippen LogP contribution >= 0.6 is 11.8 Å². The molecule has 1 fully saturated rings. The zero-order valence-electron chi connectivity index (χ0n) is 16.6. The van der Waals surface area contributed by atoms with Crippen LogP contribution in [0.1, 0.15) is 5.56 Å². The quantitative estimate of drug-likeness (QED) is 0.628. The Bertz CT molecular complexity index is 1030. The summed E-state index contributed by atoms with van der Waals surface area (Å²) < 4.78 is 67.0. The molecular formula is C20H22F3N3O3S2. The molecule has 6 nitrogen and oxygen atoms in total. The first-order chi connectivity index (χ1) is 14.8. The van der Waals surface area contributed by atoms with E-state index in [1.807, 2.05) is 0 Å². The Hall–Kier alpha value is -2.24. The number of benzene rings is 2. The average Bonchev–Trinajstić information content (AvgIpc) is 2.76. The molecule has 1 N–H and O–H groups in total. The molecule has 0 bridgehead atoms. The summed E-state index contributed by atoms with van der Waals surface area (Å²) in [4.78, 5) is 13.0. The van der Waals surface area contributed by atoms with Gasteiger partial charge in [-0.2, -0.15) is 16.1 Å². The number of piperazine rings is 1. The number of nitrogens with zero attached hydrogens (tertiary/aromatic N) is 2. The van der Waals surface area contributed by atoms with Crippen molar-refractivity contribution in [1.82, 2.24) is 14.5 Å². The van der Waals surface area contributed by atoms with Gasteiger partial charge in [-0.3, -0.25) is 0 Å². The number of sulfonamides is 1. The van der Waals surface area contributed by atoms with E-state index in [-0.39, 0.29) is 38.0 Å². The van der Waals surface area contributed by atoms with Gasteiger partial charge in [0.2, 0.25) is 10.0 Å². The Morgan fingerprint density at radius 2 is 1.71 bits per heavy atom. The van der Waals surface area contributed by atoms with Gasteiger partial charge >= 0.3 is 6.03 Å². The smallest absolute Gasteiger partial charge is 0.317 e. The number of hydrogen-bond acceptors (Lipinski definition) is 4. The monoisotopic (exact) mass is 473 g/mol. The third-order valence-electron chi connectivity index (χ3n) is 4.77. The summed E-state index contributed by atoms with van der Waals surface area (Å²) in [6.45, 7) is 0.598. The Balaban J connectivity index is 1.43. The van der Waals surface area contributed by atoms with Gasteiger partial charge in [-0.1, -0.05) is 18.2 Å². The largest absolute Gasteiger partial charge is 0.337 e. The number of thioether (sulfide) groups is 1. The highest BCUT2D eigenvalue weighted by molar-refractivity contribution is 7.98. The van der Waals surface area contributed by atoms with E-state index < -0.39 is 26.6 Å². The molecule has 11 heteroatoms. The van der Waals surface area contributed by atoms with Crippen molar-refractivity contribution in [3.05, 3.63) is 65.5 Å². The highest BCUT2D eigenvalue weighted by Crippen LogP contribution is 2.22. The third-order valence-corrected chi connectivity index (χ3v) is 7.70. The summed E-state index contributed by atoms with van der Waals surface area (Å²) in [6.07, 6.45) is 0. The number of carbonyl (C=O) groups excluding carboxylic acids is 1. The molecule has 1 aliphatic rings. The van der Waals surface area contributed by atoms with Crippen molar-refractivity contribution in [2.75, 3.05) is 38.5 Å². The molecule has 168 valence electrons. The fraction of sp³-hybridized carbons (Fsp3) is 0.350. The molecule has 0 saturated carbocycles. The van der Waals surface area contributed by atoms with E-state index >= 15 is 0 Å². The summed E-state index contributed by atoms with van der Waals surface area (Å²) in [6, 6.07) is 8.46. The molecular weight excluding hydrogens is 451 g/mol. The maximum absolute atomic E-state index is 13.9. The fourth-order valence-electron chi connectivity index (χ4n) is 3.09. The van der Waals surface area contributed by atoms with E-state index in [1.54, 1.807) is 18.2 Å². The molecule has 1 heterocycles. The summed E-state index contributed by atoms with van der Waals surface area (Å²) >= 11 is 1.49. The number of nitrogens with one attached hydrogen (secondary N) is 1. The molecule has 1 aliphatic heterocycles. The van der Waals surface area contributed by atoms with Crippen LogP contribution in [0.3, 0.4) is 0 Å². The molecule has 0 unspecified atom stereocenters. The molecule has 3 rings (SSSR count). The van der Waals surface area contributed by atoms with Crippen LogP contribution < -0.4 is 5.32 Å². The molecule has 1 saturated heterocycles. The first-order valence-corrected chi connectivity index (χ1v) is 12.2. The molecule has 0 spiro atoms. The van der Waals surface area contributed by atoms with Gasteiger partial charge in [-0.25, -0.2) is 26.4 Å². The van der Waals surface area contributed by atoms with E-state index in [0.717, 1.165) is 16.4 Å². The van der Waals surface area contributed by atoms with Crippen LogP contribution in [0.5, 0.6) is 0 Å². The van der Waals surface area contributed by atoms with Crippen LogP contribution in [0.4, 0.5) is 18.0 Å². The first-order valence-electron chi connectivity index (χ1n) is 9.58. The lowest BCUT2D eigenvalue weighted by atomic mass is 10.2. The third kappa shape index (κ3) is 5.92. The predicted molar refractivity (Wildman–Crippen MR) is 113 cm³/mol. The van der Waals surface area contributed by atoms with Crippen LogP contribution in [0.15, 0.2) is 47.4 Å². The highest BCUT2D eigenvalue weighted by Gasteiger charge is 2.32. The summed E-state index contributed by atoms with van der Waals surface area (Å²) in [5, 5.41) is 2.75. The van der Waals surface area contributed by atoms with Gasteiger partial charge in [0.05, 0.1) is 0 Å². The summed E-state index contributed by atoms with van der Waals surface area (Å²) in [5.74, 6) is -1.03. The van der Waals surface area contributed by atoms with E-state index in [4.69, 9.17) is 0 Å². The lowest BCUT2D eigenvalue weighted by Gasteiger charge is -2.34. The Morgan fingerprint density at radius 3 is 2.42 bits per heavy atom. The number of amides is 2. The van der Waals surface area contributed by atoms with Crippen molar-refractivity contribution in [3.8, 4) is 0 Å². The summed E-state index contributed by atoms with van der Waals surface area (Å²) in [5.41, 5.74) is 0.603. The number of halogens is 3. The first kappa shape index (κ1) is 23.4. The van der Waals surface area contributed by atoms with E-state index in [9.17, 15) is 26.4 Å².